The van der Waals surface area contributed by atoms with Gasteiger partial charge < -0.3 is 14.6 Å². The summed E-state index contributed by atoms with van der Waals surface area (Å²) in [4.78, 5) is 38.9. The van der Waals surface area contributed by atoms with E-state index in [4.69, 9.17) is 5.11 Å². The Hall–Kier alpha value is -2.06. The van der Waals surface area contributed by atoms with Crippen molar-refractivity contribution in [2.24, 2.45) is 5.92 Å². The standard InChI is InChI=1S/C19H20N2O4S2/c22-17(10-26-11-18(23)24)20-7-12-6-13(9-20)15-4-3-14(16-2-1-5-27-16)19(25)21(15)8-12/h1-5,12-13H,6-11H2,(H,23,24)/t12-,13+/m0/s1. The molecule has 2 aliphatic heterocycles. The van der Waals surface area contributed by atoms with E-state index in [1.807, 2.05) is 39.1 Å². The van der Waals surface area contributed by atoms with Crippen LogP contribution in [0.4, 0.5) is 0 Å². The molecule has 0 radical (unpaired) electrons. The van der Waals surface area contributed by atoms with Crippen LogP contribution in [0.1, 0.15) is 18.0 Å². The number of fused-ring (bicyclic) bond motifs is 4. The fraction of sp³-hybridized carbons (Fsp3) is 0.421. The molecule has 1 N–H and O–H groups in total. The molecule has 2 atom stereocenters. The number of pyridine rings is 1. The Morgan fingerprint density at radius 3 is 2.78 bits per heavy atom. The topological polar surface area (TPSA) is 79.6 Å². The summed E-state index contributed by atoms with van der Waals surface area (Å²) in [6, 6.07) is 7.85. The molecule has 0 spiro atoms. The van der Waals surface area contributed by atoms with E-state index in [2.05, 4.69) is 0 Å². The zero-order valence-electron chi connectivity index (χ0n) is 14.7. The molecule has 4 heterocycles. The number of nitrogens with zero attached hydrogens (tertiary/aromatic N) is 2. The molecule has 0 unspecified atom stereocenters. The number of amides is 1. The predicted molar refractivity (Wildman–Crippen MR) is 106 cm³/mol. The molecule has 6 nitrogen and oxygen atoms in total. The summed E-state index contributed by atoms with van der Waals surface area (Å²) in [5.41, 5.74) is 1.81. The lowest BCUT2D eigenvalue weighted by molar-refractivity contribution is -0.133. The summed E-state index contributed by atoms with van der Waals surface area (Å²) < 4.78 is 1.90. The highest BCUT2D eigenvalue weighted by Crippen LogP contribution is 2.36. The number of thioether (sulfide) groups is 1. The van der Waals surface area contributed by atoms with Crippen LogP contribution in [0.2, 0.25) is 0 Å². The van der Waals surface area contributed by atoms with Crippen molar-refractivity contribution in [1.29, 1.82) is 0 Å². The largest absolute Gasteiger partial charge is 0.481 e. The maximum Gasteiger partial charge on any atom is 0.313 e. The summed E-state index contributed by atoms with van der Waals surface area (Å²) in [7, 11) is 0. The fourth-order valence-corrected chi connectivity index (χ4v) is 5.46. The highest BCUT2D eigenvalue weighted by atomic mass is 32.2. The minimum Gasteiger partial charge on any atom is -0.481 e. The number of hydrogen-bond donors (Lipinski definition) is 1. The highest BCUT2D eigenvalue weighted by Gasteiger charge is 2.36. The molecule has 0 saturated carbocycles. The molecule has 1 saturated heterocycles. The number of hydrogen-bond acceptors (Lipinski definition) is 5. The maximum absolute atomic E-state index is 13.0. The Bertz CT molecular complexity index is 922. The van der Waals surface area contributed by atoms with Gasteiger partial charge in [-0.3, -0.25) is 14.4 Å². The van der Waals surface area contributed by atoms with Gasteiger partial charge in [-0.05, 0) is 35.9 Å². The molecule has 2 aromatic rings. The zero-order chi connectivity index (χ0) is 19.0. The van der Waals surface area contributed by atoms with E-state index < -0.39 is 5.97 Å². The number of carbonyl (C=O) groups excluding carboxylic acids is 1. The van der Waals surface area contributed by atoms with E-state index in [1.54, 1.807) is 11.3 Å². The van der Waals surface area contributed by atoms with Crippen LogP contribution in [-0.4, -0.2) is 51.0 Å². The van der Waals surface area contributed by atoms with Crippen LogP contribution in [0.3, 0.4) is 0 Å². The van der Waals surface area contributed by atoms with Crippen LogP contribution in [0.25, 0.3) is 10.4 Å². The molecule has 8 heteroatoms. The van der Waals surface area contributed by atoms with Crippen molar-refractivity contribution in [2.45, 2.75) is 18.9 Å². The number of carboxylic acid groups (broad SMARTS) is 1. The van der Waals surface area contributed by atoms with Gasteiger partial charge in [-0.15, -0.1) is 23.1 Å². The van der Waals surface area contributed by atoms with Crippen LogP contribution >= 0.6 is 23.1 Å². The first kappa shape index (κ1) is 18.3. The van der Waals surface area contributed by atoms with Crippen LogP contribution in [-0.2, 0) is 16.1 Å². The third-order valence-corrected chi connectivity index (χ3v) is 7.00. The van der Waals surface area contributed by atoms with Crippen molar-refractivity contribution in [3.8, 4) is 10.4 Å². The quantitative estimate of drug-likeness (QED) is 0.827. The zero-order valence-corrected chi connectivity index (χ0v) is 16.3. The van der Waals surface area contributed by atoms with Gasteiger partial charge in [0.1, 0.15) is 0 Å². The van der Waals surface area contributed by atoms with Gasteiger partial charge in [0.25, 0.3) is 5.56 Å². The molecule has 2 bridgehead atoms. The van der Waals surface area contributed by atoms with Gasteiger partial charge in [0, 0.05) is 36.1 Å². The Labute approximate surface area is 164 Å². The van der Waals surface area contributed by atoms with Crippen LogP contribution in [0, 0.1) is 5.92 Å². The predicted octanol–water partition coefficient (Wildman–Crippen LogP) is 2.34. The first-order chi connectivity index (χ1) is 13.0. The second kappa shape index (κ2) is 7.52. The van der Waals surface area contributed by atoms with Crippen molar-refractivity contribution in [2.75, 3.05) is 24.6 Å². The Morgan fingerprint density at radius 1 is 1.19 bits per heavy atom. The van der Waals surface area contributed by atoms with E-state index in [0.717, 1.165) is 34.3 Å². The monoisotopic (exact) mass is 404 g/mol. The number of rotatable bonds is 5. The third kappa shape index (κ3) is 3.68. The van der Waals surface area contributed by atoms with Crippen molar-refractivity contribution < 1.29 is 14.7 Å². The highest BCUT2D eigenvalue weighted by molar-refractivity contribution is 8.00. The number of aromatic nitrogens is 1. The molecule has 0 aromatic carbocycles. The molecule has 4 rings (SSSR count). The summed E-state index contributed by atoms with van der Waals surface area (Å²) in [6.45, 7) is 1.87. The van der Waals surface area contributed by atoms with E-state index >= 15 is 0 Å². The smallest absolute Gasteiger partial charge is 0.313 e. The number of aliphatic carboxylic acids is 1. The number of likely N-dealkylation sites (tertiary alicyclic amines) is 1. The van der Waals surface area contributed by atoms with E-state index in [9.17, 15) is 14.4 Å². The number of thiophene rings is 1. The van der Waals surface area contributed by atoms with Crippen molar-refractivity contribution in [1.82, 2.24) is 9.47 Å². The normalized spacial score (nSPS) is 21.0. The molecule has 0 aliphatic carbocycles. The number of piperidine rings is 1. The summed E-state index contributed by atoms with van der Waals surface area (Å²) in [5, 5.41) is 10.7. The lowest BCUT2D eigenvalue weighted by Gasteiger charge is -2.43. The summed E-state index contributed by atoms with van der Waals surface area (Å²) >= 11 is 2.70. The molecule has 1 fully saturated rings. The van der Waals surface area contributed by atoms with Crippen LogP contribution in [0.15, 0.2) is 34.4 Å². The molecule has 142 valence electrons. The number of carboxylic acids is 1. The van der Waals surface area contributed by atoms with Crippen molar-refractivity contribution in [3.63, 3.8) is 0 Å². The molecule has 1 amide bonds. The molecular weight excluding hydrogens is 384 g/mol. The molecule has 2 aliphatic rings. The van der Waals surface area contributed by atoms with Crippen LogP contribution < -0.4 is 5.56 Å². The van der Waals surface area contributed by atoms with Gasteiger partial charge in [0.15, 0.2) is 0 Å². The lowest BCUT2D eigenvalue weighted by Crippen LogP contribution is -2.49. The Kier molecular flexibility index (Phi) is 5.10. The van der Waals surface area contributed by atoms with E-state index in [1.165, 1.54) is 0 Å². The molecule has 2 aromatic heterocycles. The van der Waals surface area contributed by atoms with Crippen molar-refractivity contribution in [3.05, 3.63) is 45.7 Å². The van der Waals surface area contributed by atoms with Gasteiger partial charge in [-0.25, -0.2) is 0 Å². The lowest BCUT2D eigenvalue weighted by atomic mass is 9.83. The second-order valence-corrected chi connectivity index (χ2v) is 8.98. The van der Waals surface area contributed by atoms with Gasteiger partial charge in [0.05, 0.1) is 17.1 Å². The maximum atomic E-state index is 13.0. The minimum atomic E-state index is -0.904. The van der Waals surface area contributed by atoms with Gasteiger partial charge in [-0.1, -0.05) is 6.07 Å². The average molecular weight is 405 g/mol. The SMILES string of the molecule is O=C(O)CSCC(=O)N1C[C@@H]2C[C@H](C1)c1ccc(-c3cccs3)c(=O)n1C2. The average Bonchev–Trinajstić information content (AvgIpc) is 3.16. The second-order valence-electron chi connectivity index (χ2n) is 7.05. The Balaban J connectivity index is 1.53. The van der Waals surface area contributed by atoms with Gasteiger partial charge >= 0.3 is 5.97 Å². The Morgan fingerprint density at radius 2 is 2.04 bits per heavy atom. The van der Waals surface area contributed by atoms with Crippen LogP contribution in [0.5, 0.6) is 0 Å². The van der Waals surface area contributed by atoms with Gasteiger partial charge in [-0.2, -0.15) is 0 Å². The minimum absolute atomic E-state index is 0.0121. The van der Waals surface area contributed by atoms with Gasteiger partial charge in [0.2, 0.25) is 5.91 Å². The molecule has 27 heavy (non-hydrogen) atoms. The molecular formula is C19H20N2O4S2. The summed E-state index contributed by atoms with van der Waals surface area (Å²) in [5.74, 6) is -0.358. The summed E-state index contributed by atoms with van der Waals surface area (Å²) in [6.07, 6.45) is 0.990. The third-order valence-electron chi connectivity index (χ3n) is 5.19. The first-order valence-corrected chi connectivity index (χ1v) is 10.9. The first-order valence-electron chi connectivity index (χ1n) is 8.88. The van der Waals surface area contributed by atoms with E-state index in [0.29, 0.717) is 19.6 Å². The number of carbonyl (C=O) groups is 2. The fourth-order valence-electron chi connectivity index (χ4n) is 4.09. The van der Waals surface area contributed by atoms with E-state index in [-0.39, 0.29) is 34.8 Å². The van der Waals surface area contributed by atoms with Crippen molar-refractivity contribution >= 4 is 35.0 Å².